The minimum absolute atomic E-state index is 0.352. The van der Waals surface area contributed by atoms with Crippen LogP contribution in [0, 0.1) is 0 Å². The lowest BCUT2D eigenvalue weighted by molar-refractivity contribution is -0.298. The van der Waals surface area contributed by atoms with Crippen LogP contribution in [0.5, 0.6) is 0 Å². The zero-order valence-corrected chi connectivity index (χ0v) is 9.28. The van der Waals surface area contributed by atoms with Gasteiger partial charge in [-0.05, 0) is 0 Å². The summed E-state index contributed by atoms with van der Waals surface area (Å²) in [5.41, 5.74) is -3.58. The summed E-state index contributed by atoms with van der Waals surface area (Å²) in [5.74, 6) is 0. The largest absolute Gasteiger partial charge is 0.495 e. The molecule has 4 aliphatic carbocycles. The number of ether oxygens (including phenoxy) is 1. The lowest BCUT2D eigenvalue weighted by atomic mass is 9.48. The van der Waals surface area contributed by atoms with Crippen molar-refractivity contribution in [3.05, 3.63) is 12.8 Å². The van der Waals surface area contributed by atoms with Crippen LogP contribution in [0.2, 0.25) is 0 Å². The Morgan fingerprint density at radius 3 is 1.50 bits per heavy atom. The lowest BCUT2D eigenvalue weighted by Crippen LogP contribution is -2.72. The van der Waals surface area contributed by atoms with Crippen LogP contribution < -0.4 is 0 Å². The first-order valence-electron chi connectivity index (χ1n) is 5.76. The molecule has 0 aromatic heterocycles. The minimum atomic E-state index is -0.985. The van der Waals surface area contributed by atoms with E-state index in [-0.39, 0.29) is 0 Å². The summed E-state index contributed by atoms with van der Waals surface area (Å²) in [4.78, 5) is 0. The van der Waals surface area contributed by atoms with Crippen LogP contribution in [0.3, 0.4) is 0 Å². The highest BCUT2D eigenvalue weighted by Crippen LogP contribution is 2.61. The van der Waals surface area contributed by atoms with Crippen molar-refractivity contribution >= 4 is 0 Å². The zero-order chi connectivity index (χ0) is 11.7. The molecule has 3 N–H and O–H groups in total. The summed E-state index contributed by atoms with van der Waals surface area (Å²) in [7, 11) is 0. The van der Waals surface area contributed by atoms with Crippen molar-refractivity contribution in [2.75, 3.05) is 0 Å². The molecule has 0 atom stereocenters. The lowest BCUT2D eigenvalue weighted by Gasteiger charge is -2.65. The van der Waals surface area contributed by atoms with Crippen LogP contribution in [-0.4, -0.2) is 37.7 Å². The molecule has 0 heterocycles. The van der Waals surface area contributed by atoms with E-state index >= 15 is 0 Å². The Labute approximate surface area is 94.5 Å². The van der Waals surface area contributed by atoms with Crippen molar-refractivity contribution in [2.24, 2.45) is 0 Å². The Morgan fingerprint density at radius 1 is 0.812 bits per heavy atom. The van der Waals surface area contributed by atoms with E-state index in [1.807, 2.05) is 0 Å². The molecule has 4 saturated carbocycles. The van der Waals surface area contributed by atoms with Crippen molar-refractivity contribution in [1.82, 2.24) is 0 Å². The third-order valence-corrected chi connectivity index (χ3v) is 4.26. The molecule has 0 aromatic carbocycles. The van der Waals surface area contributed by atoms with Crippen LogP contribution in [0.4, 0.5) is 0 Å². The second-order valence-corrected chi connectivity index (χ2v) is 6.20. The average molecular weight is 226 g/mol. The fourth-order valence-electron chi connectivity index (χ4n) is 4.69. The molecule has 0 aromatic rings. The van der Waals surface area contributed by atoms with Crippen LogP contribution in [0.15, 0.2) is 12.8 Å². The molecule has 0 amide bonds. The highest BCUT2D eigenvalue weighted by atomic mass is 16.5. The van der Waals surface area contributed by atoms with Gasteiger partial charge in [-0.3, -0.25) is 0 Å². The van der Waals surface area contributed by atoms with E-state index in [1.54, 1.807) is 0 Å². The summed E-state index contributed by atoms with van der Waals surface area (Å²) in [6.45, 7) is 3.54. The molecule has 0 radical (unpaired) electrons. The van der Waals surface area contributed by atoms with Gasteiger partial charge in [0.1, 0.15) is 5.60 Å². The van der Waals surface area contributed by atoms with Crippen LogP contribution in [-0.2, 0) is 4.74 Å². The van der Waals surface area contributed by atoms with Crippen LogP contribution >= 0.6 is 0 Å². The van der Waals surface area contributed by atoms with Crippen molar-refractivity contribution < 1.29 is 20.1 Å². The van der Waals surface area contributed by atoms with Gasteiger partial charge in [0.05, 0.1) is 23.1 Å². The molecule has 4 rings (SSSR count). The quantitative estimate of drug-likeness (QED) is 0.598. The SMILES string of the molecule is C=COC12CC3(O)CC(O)(CC(O)(C3)C1)C2. The standard InChI is InChI=1S/C12H18O4/c1-2-16-12-6-9(13)3-10(14,7-12)5-11(15,4-9)8-12/h2,13-15H,1,3-8H2. The average Bonchev–Trinajstić information content (AvgIpc) is 1.91. The molecular weight excluding hydrogens is 208 g/mol. The normalized spacial score (nSPS) is 58.7. The fourth-order valence-corrected chi connectivity index (χ4v) is 4.69. The zero-order valence-electron chi connectivity index (χ0n) is 9.28. The number of rotatable bonds is 2. The van der Waals surface area contributed by atoms with Gasteiger partial charge in [-0.15, -0.1) is 0 Å². The smallest absolute Gasteiger partial charge is 0.116 e. The molecule has 4 fully saturated rings. The van der Waals surface area contributed by atoms with Crippen molar-refractivity contribution in [1.29, 1.82) is 0 Å². The Bertz CT molecular complexity index is 297. The molecule has 0 aliphatic heterocycles. The van der Waals surface area contributed by atoms with E-state index in [1.165, 1.54) is 6.26 Å². The molecule has 4 aliphatic rings. The molecule has 90 valence electrons. The summed E-state index contributed by atoms with van der Waals surface area (Å²) >= 11 is 0. The van der Waals surface area contributed by atoms with Gasteiger partial charge in [0.15, 0.2) is 0 Å². The van der Waals surface area contributed by atoms with E-state index in [2.05, 4.69) is 6.58 Å². The topological polar surface area (TPSA) is 69.9 Å². The highest BCUT2D eigenvalue weighted by molar-refractivity contribution is 5.21. The van der Waals surface area contributed by atoms with Gasteiger partial charge < -0.3 is 20.1 Å². The third-order valence-electron chi connectivity index (χ3n) is 4.26. The van der Waals surface area contributed by atoms with Gasteiger partial charge in [0.25, 0.3) is 0 Å². The number of aliphatic hydroxyl groups is 3. The monoisotopic (exact) mass is 226 g/mol. The molecule has 4 heteroatoms. The Balaban J connectivity index is 2.03. The summed E-state index contributed by atoms with van der Waals surface area (Å²) < 4.78 is 5.52. The van der Waals surface area contributed by atoms with E-state index in [4.69, 9.17) is 4.74 Å². The second kappa shape index (κ2) is 2.63. The first-order chi connectivity index (χ1) is 7.30. The van der Waals surface area contributed by atoms with Gasteiger partial charge in [-0.2, -0.15) is 0 Å². The second-order valence-electron chi connectivity index (χ2n) is 6.20. The summed E-state index contributed by atoms with van der Waals surface area (Å²) in [6.07, 6.45) is 3.85. The molecule has 0 spiro atoms. The van der Waals surface area contributed by atoms with Crippen molar-refractivity contribution in [3.63, 3.8) is 0 Å². The number of hydrogen-bond donors (Lipinski definition) is 3. The van der Waals surface area contributed by atoms with E-state index in [0.717, 1.165) is 0 Å². The van der Waals surface area contributed by atoms with Gasteiger partial charge in [-0.25, -0.2) is 0 Å². The van der Waals surface area contributed by atoms with Crippen LogP contribution in [0.1, 0.15) is 38.5 Å². The predicted octanol–water partition coefficient (Wildman–Crippen LogP) is 0.460. The number of hydrogen-bond acceptors (Lipinski definition) is 4. The van der Waals surface area contributed by atoms with E-state index in [9.17, 15) is 15.3 Å². The minimum Gasteiger partial charge on any atom is -0.495 e. The van der Waals surface area contributed by atoms with Gasteiger partial charge in [0.2, 0.25) is 0 Å². The van der Waals surface area contributed by atoms with Gasteiger partial charge in [-0.1, -0.05) is 6.58 Å². The Kier molecular flexibility index (Phi) is 1.74. The third kappa shape index (κ3) is 1.33. The first-order valence-corrected chi connectivity index (χ1v) is 5.76. The van der Waals surface area contributed by atoms with Gasteiger partial charge >= 0.3 is 0 Å². The molecule has 4 nitrogen and oxygen atoms in total. The van der Waals surface area contributed by atoms with Crippen molar-refractivity contribution in [3.8, 4) is 0 Å². The highest BCUT2D eigenvalue weighted by Gasteiger charge is 2.68. The molecule has 16 heavy (non-hydrogen) atoms. The molecule has 0 saturated heterocycles. The Hall–Kier alpha value is -0.580. The van der Waals surface area contributed by atoms with E-state index < -0.39 is 22.4 Å². The maximum Gasteiger partial charge on any atom is 0.116 e. The summed E-state index contributed by atoms with van der Waals surface area (Å²) in [6, 6.07) is 0. The predicted molar refractivity (Wildman–Crippen MR) is 56.6 cm³/mol. The fraction of sp³-hybridized carbons (Fsp3) is 0.833. The van der Waals surface area contributed by atoms with Gasteiger partial charge in [0, 0.05) is 38.5 Å². The van der Waals surface area contributed by atoms with E-state index in [0.29, 0.717) is 38.5 Å². The van der Waals surface area contributed by atoms with Crippen LogP contribution in [0.25, 0.3) is 0 Å². The molecular formula is C12H18O4. The molecule has 4 bridgehead atoms. The Morgan fingerprint density at radius 2 is 1.19 bits per heavy atom. The maximum absolute atomic E-state index is 10.4. The first kappa shape index (κ1) is 10.6. The van der Waals surface area contributed by atoms with Crippen molar-refractivity contribution in [2.45, 2.75) is 60.9 Å². The summed E-state index contributed by atoms with van der Waals surface area (Å²) in [5, 5.41) is 31.2. The molecule has 0 unspecified atom stereocenters. The maximum atomic E-state index is 10.4.